The molecule has 1 atom stereocenters. The van der Waals surface area contributed by atoms with Crippen LogP contribution in [0.2, 0.25) is 5.22 Å². The van der Waals surface area contributed by atoms with Gasteiger partial charge in [-0.3, -0.25) is 13.9 Å². The maximum absolute atomic E-state index is 13.3. The molecule has 31 heavy (non-hydrogen) atoms. The van der Waals surface area contributed by atoms with Crippen LogP contribution in [-0.2, 0) is 20.6 Å². The Morgan fingerprint density at radius 2 is 2.00 bits per heavy atom. The van der Waals surface area contributed by atoms with Crippen LogP contribution in [0.3, 0.4) is 0 Å². The van der Waals surface area contributed by atoms with E-state index in [-0.39, 0.29) is 16.0 Å². The van der Waals surface area contributed by atoms with Gasteiger partial charge in [0.05, 0.1) is 33.9 Å². The zero-order valence-electron chi connectivity index (χ0n) is 16.8. The molecule has 0 amide bonds. The molecular formula is C22H17ClN4O3S. The highest BCUT2D eigenvalue weighted by Crippen LogP contribution is 2.46. The second-order valence-corrected chi connectivity index (χ2v) is 8.99. The Bertz CT molecular complexity index is 1520. The van der Waals surface area contributed by atoms with Crippen molar-refractivity contribution in [3.05, 3.63) is 79.5 Å². The largest absolute Gasteiger partial charge is 0.448 e. The molecule has 0 spiro atoms. The van der Waals surface area contributed by atoms with E-state index in [1.54, 1.807) is 43.1 Å². The number of nitriles is 1. The first kappa shape index (κ1) is 19.8. The van der Waals surface area contributed by atoms with Gasteiger partial charge in [-0.15, -0.1) is 11.8 Å². The SMILES string of the molecule is Cn1c(=O)c2c(-c3cccc(C#N)c3)n3c(c2n(C)c1=O)C(c1ccc(Cl)o1)SCC3. The van der Waals surface area contributed by atoms with Gasteiger partial charge in [-0.25, -0.2) is 4.79 Å². The average Bonchev–Trinajstić information content (AvgIpc) is 3.37. The van der Waals surface area contributed by atoms with E-state index in [2.05, 4.69) is 10.6 Å². The predicted octanol–water partition coefficient (Wildman–Crippen LogP) is 3.66. The minimum absolute atomic E-state index is 0.227. The molecule has 0 bridgehead atoms. The van der Waals surface area contributed by atoms with Crippen LogP contribution in [-0.4, -0.2) is 19.5 Å². The highest BCUT2D eigenvalue weighted by atomic mass is 35.5. The summed E-state index contributed by atoms with van der Waals surface area (Å²) in [5.41, 5.74) is 2.62. The van der Waals surface area contributed by atoms with Gasteiger partial charge in [0, 0.05) is 32.0 Å². The molecule has 0 saturated carbocycles. The Labute approximate surface area is 186 Å². The summed E-state index contributed by atoms with van der Waals surface area (Å²) in [6, 6.07) is 12.9. The van der Waals surface area contributed by atoms with Crippen LogP contribution in [0.4, 0.5) is 0 Å². The van der Waals surface area contributed by atoms with Crippen molar-refractivity contribution < 1.29 is 4.42 Å². The molecule has 7 nitrogen and oxygen atoms in total. The lowest BCUT2D eigenvalue weighted by atomic mass is 10.1. The minimum Gasteiger partial charge on any atom is -0.448 e. The first-order chi connectivity index (χ1) is 14.9. The second kappa shape index (κ2) is 7.22. The van der Waals surface area contributed by atoms with Gasteiger partial charge in [0.2, 0.25) is 0 Å². The van der Waals surface area contributed by atoms with Gasteiger partial charge in [0.1, 0.15) is 11.0 Å². The van der Waals surface area contributed by atoms with E-state index in [1.165, 1.54) is 11.6 Å². The van der Waals surface area contributed by atoms with Crippen LogP contribution >= 0.6 is 23.4 Å². The Balaban J connectivity index is 1.96. The lowest BCUT2D eigenvalue weighted by molar-refractivity contribution is 0.511. The maximum atomic E-state index is 13.3. The summed E-state index contributed by atoms with van der Waals surface area (Å²) < 4.78 is 10.4. The molecule has 3 aromatic heterocycles. The lowest BCUT2D eigenvalue weighted by Crippen LogP contribution is -2.37. The molecule has 156 valence electrons. The molecule has 0 aliphatic carbocycles. The lowest BCUT2D eigenvalue weighted by Gasteiger charge is -2.25. The summed E-state index contributed by atoms with van der Waals surface area (Å²) in [5, 5.41) is 9.91. The first-order valence-electron chi connectivity index (χ1n) is 9.62. The van der Waals surface area contributed by atoms with E-state index in [9.17, 15) is 14.9 Å². The van der Waals surface area contributed by atoms with Crippen molar-refractivity contribution in [2.75, 3.05) is 5.75 Å². The molecule has 0 fully saturated rings. The third kappa shape index (κ3) is 2.88. The number of furan rings is 1. The molecule has 4 heterocycles. The number of fused-ring (bicyclic) bond motifs is 3. The molecule has 1 unspecified atom stereocenters. The Hall–Kier alpha value is -3.15. The van der Waals surface area contributed by atoms with Gasteiger partial charge in [-0.1, -0.05) is 12.1 Å². The molecule has 1 aromatic carbocycles. The molecule has 1 aliphatic heterocycles. The molecule has 1 aliphatic rings. The van der Waals surface area contributed by atoms with Crippen molar-refractivity contribution >= 4 is 34.3 Å². The highest BCUT2D eigenvalue weighted by molar-refractivity contribution is 7.99. The van der Waals surface area contributed by atoms with E-state index in [4.69, 9.17) is 16.0 Å². The summed E-state index contributed by atoms with van der Waals surface area (Å²) in [7, 11) is 3.15. The molecule has 9 heteroatoms. The molecule has 0 N–H and O–H groups in total. The number of thioether (sulfide) groups is 1. The van der Waals surface area contributed by atoms with Gasteiger partial charge in [-0.2, -0.15) is 5.26 Å². The van der Waals surface area contributed by atoms with Crippen LogP contribution in [0.15, 0.2) is 50.4 Å². The van der Waals surface area contributed by atoms with E-state index >= 15 is 0 Å². The van der Waals surface area contributed by atoms with Crippen LogP contribution in [0.1, 0.15) is 22.3 Å². The van der Waals surface area contributed by atoms with Gasteiger partial charge in [-0.05, 0) is 35.9 Å². The molecular weight excluding hydrogens is 436 g/mol. The average molecular weight is 453 g/mol. The molecule has 0 saturated heterocycles. The second-order valence-electron chi connectivity index (χ2n) is 7.40. The van der Waals surface area contributed by atoms with Crippen molar-refractivity contribution in [2.24, 2.45) is 14.1 Å². The summed E-state index contributed by atoms with van der Waals surface area (Å²) >= 11 is 7.72. The topological polar surface area (TPSA) is 85.9 Å². The van der Waals surface area contributed by atoms with Gasteiger partial charge >= 0.3 is 5.69 Å². The van der Waals surface area contributed by atoms with E-state index in [0.29, 0.717) is 34.5 Å². The highest BCUT2D eigenvalue weighted by Gasteiger charge is 2.34. The fourth-order valence-electron chi connectivity index (χ4n) is 4.30. The number of hydrogen-bond donors (Lipinski definition) is 0. The summed E-state index contributed by atoms with van der Waals surface area (Å²) in [6.45, 7) is 0.656. The summed E-state index contributed by atoms with van der Waals surface area (Å²) in [6.07, 6.45) is 0. The molecule has 0 radical (unpaired) electrons. The number of halogens is 1. The standard InChI is InChI=1S/C22H17ClN4O3S/c1-25-18-16(21(28)26(2)22(25)29)17(13-5-3-4-12(10-13)11-24)27-8-9-31-20(19(18)27)14-6-7-15(23)30-14/h3-7,10,20H,8-9H2,1-2H3. The third-order valence-electron chi connectivity index (χ3n) is 5.67. The fourth-order valence-corrected chi connectivity index (χ4v) is 5.67. The van der Waals surface area contributed by atoms with E-state index in [0.717, 1.165) is 21.6 Å². The van der Waals surface area contributed by atoms with Crippen LogP contribution in [0, 0.1) is 11.3 Å². The van der Waals surface area contributed by atoms with Crippen molar-refractivity contribution in [1.29, 1.82) is 5.26 Å². The van der Waals surface area contributed by atoms with Gasteiger partial charge in [0.15, 0.2) is 5.22 Å². The molecule has 4 aromatic rings. The number of hydrogen-bond acceptors (Lipinski definition) is 5. The fraction of sp³-hybridized carbons (Fsp3) is 0.227. The van der Waals surface area contributed by atoms with Crippen molar-refractivity contribution in [3.8, 4) is 17.3 Å². The number of aromatic nitrogens is 3. The van der Waals surface area contributed by atoms with E-state index in [1.807, 2.05) is 12.1 Å². The Morgan fingerprint density at radius 3 is 2.71 bits per heavy atom. The van der Waals surface area contributed by atoms with Crippen LogP contribution < -0.4 is 11.2 Å². The van der Waals surface area contributed by atoms with Crippen LogP contribution in [0.5, 0.6) is 0 Å². The number of aryl methyl sites for hydroxylation is 1. The molecule has 5 rings (SSSR count). The monoisotopic (exact) mass is 452 g/mol. The zero-order chi connectivity index (χ0) is 21.9. The quantitative estimate of drug-likeness (QED) is 0.463. The maximum Gasteiger partial charge on any atom is 0.331 e. The summed E-state index contributed by atoms with van der Waals surface area (Å²) in [5.74, 6) is 1.46. The van der Waals surface area contributed by atoms with E-state index < -0.39 is 5.69 Å². The van der Waals surface area contributed by atoms with Gasteiger partial charge < -0.3 is 8.98 Å². The first-order valence-corrected chi connectivity index (χ1v) is 11.0. The predicted molar refractivity (Wildman–Crippen MR) is 121 cm³/mol. The summed E-state index contributed by atoms with van der Waals surface area (Å²) in [4.78, 5) is 26.1. The zero-order valence-corrected chi connectivity index (χ0v) is 18.3. The smallest absolute Gasteiger partial charge is 0.331 e. The van der Waals surface area contributed by atoms with Gasteiger partial charge in [0.25, 0.3) is 5.56 Å². The Kier molecular flexibility index (Phi) is 4.61. The normalized spacial score (nSPS) is 15.7. The minimum atomic E-state index is -0.393. The number of nitrogens with zero attached hydrogens (tertiary/aromatic N) is 4. The Morgan fingerprint density at radius 1 is 1.19 bits per heavy atom. The third-order valence-corrected chi connectivity index (χ3v) is 7.08. The van der Waals surface area contributed by atoms with Crippen molar-refractivity contribution in [2.45, 2.75) is 11.8 Å². The van der Waals surface area contributed by atoms with Crippen molar-refractivity contribution in [1.82, 2.24) is 13.7 Å². The number of benzene rings is 1. The van der Waals surface area contributed by atoms with Crippen molar-refractivity contribution in [3.63, 3.8) is 0 Å². The van der Waals surface area contributed by atoms with Crippen LogP contribution in [0.25, 0.3) is 22.2 Å². The number of rotatable bonds is 2.